The quantitative estimate of drug-likeness (QED) is 0.397. The molecule has 1 saturated heterocycles. The van der Waals surface area contributed by atoms with Crippen molar-refractivity contribution in [2.75, 3.05) is 18.1 Å². The van der Waals surface area contributed by atoms with Crippen LogP contribution in [-0.4, -0.2) is 31.1 Å². The van der Waals surface area contributed by atoms with Crippen LogP contribution in [0.5, 0.6) is 5.75 Å². The van der Waals surface area contributed by atoms with Crippen molar-refractivity contribution in [1.82, 2.24) is 0 Å². The van der Waals surface area contributed by atoms with Gasteiger partial charge < -0.3 is 9.47 Å². The lowest BCUT2D eigenvalue weighted by Crippen LogP contribution is -2.37. The summed E-state index contributed by atoms with van der Waals surface area (Å²) in [5.74, 6) is -0.341. The first-order chi connectivity index (χ1) is 15.3. The Morgan fingerprint density at radius 1 is 0.906 bits per heavy atom. The van der Waals surface area contributed by atoms with Crippen LogP contribution in [0, 0.1) is 0 Å². The first kappa shape index (κ1) is 21.8. The van der Waals surface area contributed by atoms with Gasteiger partial charge in [-0.3, -0.25) is 9.59 Å². The van der Waals surface area contributed by atoms with Crippen molar-refractivity contribution in [3.8, 4) is 5.75 Å². The summed E-state index contributed by atoms with van der Waals surface area (Å²) in [7, 11) is 0. The molecule has 1 unspecified atom stereocenters. The number of carbonyl (C=O) groups excluding carboxylic acids is 2. The predicted octanol–water partition coefficient (Wildman–Crippen LogP) is 5.25. The van der Waals surface area contributed by atoms with Gasteiger partial charge in [0.1, 0.15) is 18.5 Å². The Hall–Kier alpha value is -3.44. The number of amides is 2. The van der Waals surface area contributed by atoms with Crippen molar-refractivity contribution >= 4 is 17.5 Å². The number of rotatable bonds is 6. The average molecular weight is 430 g/mol. The summed E-state index contributed by atoms with van der Waals surface area (Å²) in [5.41, 5.74) is 2.17. The van der Waals surface area contributed by atoms with Crippen LogP contribution in [0.15, 0.2) is 78.9 Å². The molecule has 5 heteroatoms. The molecule has 1 heterocycles. The third kappa shape index (κ3) is 4.89. The van der Waals surface area contributed by atoms with E-state index in [1.165, 1.54) is 4.90 Å². The molecular formula is C27H27NO4. The molecule has 0 aromatic heterocycles. The van der Waals surface area contributed by atoms with Crippen molar-refractivity contribution in [3.05, 3.63) is 95.6 Å². The summed E-state index contributed by atoms with van der Waals surface area (Å²) >= 11 is 0. The van der Waals surface area contributed by atoms with Gasteiger partial charge in [-0.25, -0.2) is 4.90 Å². The highest BCUT2D eigenvalue weighted by molar-refractivity contribution is 6.26. The fourth-order valence-corrected chi connectivity index (χ4v) is 3.38. The molecule has 2 amide bonds. The standard InChI is InChI=1S/C27H27NO4/c1-27(2,3)21-13-9-12-20(16-21)26(30)28(25(29)19-10-5-4-6-11-19)23-14-7-8-15-24(23)32-18-22-17-31-22/h4-16,22H,17-18H2,1-3H3. The number of imide groups is 1. The molecule has 32 heavy (non-hydrogen) atoms. The van der Waals surface area contributed by atoms with Gasteiger partial charge in [-0.15, -0.1) is 0 Å². The maximum atomic E-state index is 13.8. The molecule has 1 aliphatic rings. The lowest BCUT2D eigenvalue weighted by molar-refractivity contribution is 0.0896. The molecule has 0 spiro atoms. The molecule has 1 fully saturated rings. The molecule has 3 aromatic rings. The van der Waals surface area contributed by atoms with Gasteiger partial charge in [0.15, 0.2) is 0 Å². The number of carbonyl (C=O) groups is 2. The predicted molar refractivity (Wildman–Crippen MR) is 124 cm³/mol. The van der Waals surface area contributed by atoms with E-state index in [1.54, 1.807) is 48.5 Å². The van der Waals surface area contributed by atoms with Crippen molar-refractivity contribution in [3.63, 3.8) is 0 Å². The average Bonchev–Trinajstić information content (AvgIpc) is 3.63. The number of para-hydroxylation sites is 2. The summed E-state index contributed by atoms with van der Waals surface area (Å²) in [4.78, 5) is 28.5. The van der Waals surface area contributed by atoms with Gasteiger partial charge >= 0.3 is 0 Å². The van der Waals surface area contributed by atoms with Crippen LogP contribution in [0.3, 0.4) is 0 Å². The fourth-order valence-electron chi connectivity index (χ4n) is 3.38. The van der Waals surface area contributed by atoms with E-state index in [2.05, 4.69) is 20.8 Å². The maximum absolute atomic E-state index is 13.8. The Morgan fingerprint density at radius 3 is 2.22 bits per heavy atom. The van der Waals surface area contributed by atoms with Crippen LogP contribution in [0.4, 0.5) is 5.69 Å². The second-order valence-electron chi connectivity index (χ2n) is 8.88. The first-order valence-corrected chi connectivity index (χ1v) is 10.7. The number of epoxide rings is 1. The van der Waals surface area contributed by atoms with E-state index in [1.807, 2.05) is 30.3 Å². The molecule has 0 aliphatic carbocycles. The Labute approximate surface area is 188 Å². The lowest BCUT2D eigenvalue weighted by atomic mass is 9.86. The van der Waals surface area contributed by atoms with Gasteiger partial charge in [0.2, 0.25) is 0 Å². The molecule has 1 aliphatic heterocycles. The second-order valence-corrected chi connectivity index (χ2v) is 8.88. The molecule has 164 valence electrons. The van der Waals surface area contributed by atoms with E-state index >= 15 is 0 Å². The highest BCUT2D eigenvalue weighted by Crippen LogP contribution is 2.32. The number of nitrogens with zero attached hydrogens (tertiary/aromatic N) is 1. The topological polar surface area (TPSA) is 59.1 Å². The summed E-state index contributed by atoms with van der Waals surface area (Å²) in [6.45, 7) is 7.30. The number of ether oxygens (including phenoxy) is 2. The molecule has 5 nitrogen and oxygen atoms in total. The number of anilines is 1. The van der Waals surface area contributed by atoms with E-state index in [0.29, 0.717) is 35.8 Å². The summed E-state index contributed by atoms with van der Waals surface area (Å²) < 4.78 is 11.2. The fraction of sp³-hybridized carbons (Fsp3) is 0.259. The molecule has 0 saturated carbocycles. The van der Waals surface area contributed by atoms with Crippen molar-refractivity contribution in [2.45, 2.75) is 32.3 Å². The van der Waals surface area contributed by atoms with Crippen LogP contribution in [0.25, 0.3) is 0 Å². The van der Waals surface area contributed by atoms with E-state index in [-0.39, 0.29) is 11.5 Å². The third-order valence-corrected chi connectivity index (χ3v) is 5.34. The van der Waals surface area contributed by atoms with Gasteiger partial charge in [0, 0.05) is 11.1 Å². The summed E-state index contributed by atoms with van der Waals surface area (Å²) in [6, 6.07) is 23.4. The molecule has 4 rings (SSSR count). The smallest absolute Gasteiger partial charge is 0.265 e. The van der Waals surface area contributed by atoms with E-state index in [4.69, 9.17) is 9.47 Å². The van der Waals surface area contributed by atoms with Gasteiger partial charge in [-0.2, -0.15) is 0 Å². The van der Waals surface area contributed by atoms with Crippen LogP contribution < -0.4 is 9.64 Å². The zero-order chi connectivity index (χ0) is 22.7. The molecule has 1 atom stereocenters. The minimum Gasteiger partial charge on any atom is -0.489 e. The Balaban J connectivity index is 1.77. The number of hydrogen-bond donors (Lipinski definition) is 0. The van der Waals surface area contributed by atoms with Crippen molar-refractivity contribution < 1.29 is 19.1 Å². The zero-order valence-corrected chi connectivity index (χ0v) is 18.6. The molecule has 3 aromatic carbocycles. The molecular weight excluding hydrogens is 402 g/mol. The Kier molecular flexibility index (Phi) is 6.10. The van der Waals surface area contributed by atoms with Gasteiger partial charge in [0.25, 0.3) is 11.8 Å². The largest absolute Gasteiger partial charge is 0.489 e. The summed E-state index contributed by atoms with van der Waals surface area (Å²) in [5, 5.41) is 0. The van der Waals surface area contributed by atoms with E-state index < -0.39 is 11.8 Å². The van der Waals surface area contributed by atoms with Crippen molar-refractivity contribution in [2.24, 2.45) is 0 Å². The highest BCUT2D eigenvalue weighted by Gasteiger charge is 2.30. The van der Waals surface area contributed by atoms with E-state index in [0.717, 1.165) is 5.56 Å². The number of benzene rings is 3. The molecule has 0 radical (unpaired) electrons. The molecule has 0 bridgehead atoms. The highest BCUT2D eigenvalue weighted by atomic mass is 16.6. The Bertz CT molecular complexity index is 1110. The molecule has 0 N–H and O–H groups in total. The van der Waals surface area contributed by atoms with Crippen LogP contribution >= 0.6 is 0 Å². The maximum Gasteiger partial charge on any atom is 0.265 e. The van der Waals surface area contributed by atoms with Crippen LogP contribution in [0.1, 0.15) is 47.1 Å². The third-order valence-electron chi connectivity index (χ3n) is 5.34. The Morgan fingerprint density at radius 2 is 1.53 bits per heavy atom. The van der Waals surface area contributed by atoms with Gasteiger partial charge in [0.05, 0.1) is 12.3 Å². The van der Waals surface area contributed by atoms with Crippen LogP contribution in [-0.2, 0) is 10.2 Å². The van der Waals surface area contributed by atoms with Crippen LogP contribution in [0.2, 0.25) is 0 Å². The number of hydrogen-bond acceptors (Lipinski definition) is 4. The lowest BCUT2D eigenvalue weighted by Gasteiger charge is -2.25. The van der Waals surface area contributed by atoms with E-state index in [9.17, 15) is 9.59 Å². The van der Waals surface area contributed by atoms with Crippen molar-refractivity contribution in [1.29, 1.82) is 0 Å². The van der Waals surface area contributed by atoms with Gasteiger partial charge in [-0.05, 0) is 47.4 Å². The normalized spacial score (nSPS) is 15.2. The first-order valence-electron chi connectivity index (χ1n) is 10.7. The second kappa shape index (κ2) is 8.97. The minimum absolute atomic E-state index is 0.0560. The minimum atomic E-state index is -0.407. The zero-order valence-electron chi connectivity index (χ0n) is 18.6. The monoisotopic (exact) mass is 429 g/mol. The van der Waals surface area contributed by atoms with Gasteiger partial charge in [-0.1, -0.05) is 63.2 Å². The summed E-state index contributed by atoms with van der Waals surface area (Å²) in [6.07, 6.45) is 0.0560. The SMILES string of the molecule is CC(C)(C)c1cccc(C(=O)N(C(=O)c2ccccc2)c2ccccc2OCC2CO2)c1.